The van der Waals surface area contributed by atoms with Crippen LogP contribution >= 0.6 is 0 Å². The maximum Gasteiger partial charge on any atom is 0.308 e. The van der Waals surface area contributed by atoms with Crippen LogP contribution in [0.15, 0.2) is 0 Å². The van der Waals surface area contributed by atoms with Gasteiger partial charge >= 0.3 is 5.97 Å². The SMILES string of the molecule is CC(C)(C)N1CCCC(N2CC(C(=O)O)CC2=O)C1. The largest absolute Gasteiger partial charge is 0.481 e. The smallest absolute Gasteiger partial charge is 0.308 e. The van der Waals surface area contributed by atoms with Gasteiger partial charge in [-0.25, -0.2) is 0 Å². The van der Waals surface area contributed by atoms with E-state index in [1.165, 1.54) is 0 Å². The molecule has 0 spiro atoms. The summed E-state index contributed by atoms with van der Waals surface area (Å²) in [5, 5.41) is 9.04. The van der Waals surface area contributed by atoms with Crippen LogP contribution in [0.25, 0.3) is 0 Å². The first-order valence-electron chi connectivity index (χ1n) is 7.06. The molecule has 2 fully saturated rings. The van der Waals surface area contributed by atoms with Gasteiger partial charge in [-0.2, -0.15) is 0 Å². The van der Waals surface area contributed by atoms with E-state index >= 15 is 0 Å². The third-order valence-electron chi connectivity index (χ3n) is 4.29. The molecule has 0 saturated carbocycles. The van der Waals surface area contributed by atoms with E-state index in [4.69, 9.17) is 5.11 Å². The van der Waals surface area contributed by atoms with E-state index in [9.17, 15) is 9.59 Å². The molecule has 108 valence electrons. The number of carboxylic acid groups (broad SMARTS) is 1. The van der Waals surface area contributed by atoms with Crippen LogP contribution in [-0.4, -0.2) is 58.0 Å². The fraction of sp³-hybridized carbons (Fsp3) is 0.857. The van der Waals surface area contributed by atoms with Crippen LogP contribution in [0.2, 0.25) is 0 Å². The molecular weight excluding hydrogens is 244 g/mol. The molecule has 2 heterocycles. The van der Waals surface area contributed by atoms with Gasteiger partial charge < -0.3 is 10.0 Å². The predicted molar refractivity (Wildman–Crippen MR) is 71.8 cm³/mol. The first kappa shape index (κ1) is 14.3. The van der Waals surface area contributed by atoms with E-state index in [0.29, 0.717) is 6.54 Å². The number of carbonyl (C=O) groups excluding carboxylic acids is 1. The van der Waals surface area contributed by atoms with Crippen LogP contribution in [0.1, 0.15) is 40.0 Å². The highest BCUT2D eigenvalue weighted by molar-refractivity contribution is 5.86. The van der Waals surface area contributed by atoms with Gasteiger partial charge in [0.05, 0.1) is 5.92 Å². The topological polar surface area (TPSA) is 60.9 Å². The quantitative estimate of drug-likeness (QED) is 0.817. The summed E-state index contributed by atoms with van der Waals surface area (Å²) >= 11 is 0. The minimum atomic E-state index is -0.848. The van der Waals surface area contributed by atoms with Crippen LogP contribution < -0.4 is 0 Å². The second kappa shape index (κ2) is 5.12. The molecule has 0 radical (unpaired) electrons. The fourth-order valence-corrected chi connectivity index (χ4v) is 3.07. The standard InChI is InChI=1S/C14H24N2O3/c1-14(2,3)15-6-4-5-11(9-15)16-8-10(13(18)19)7-12(16)17/h10-11H,4-9H2,1-3H3,(H,18,19). The fourth-order valence-electron chi connectivity index (χ4n) is 3.07. The van der Waals surface area contributed by atoms with Gasteiger partial charge in [0.2, 0.25) is 5.91 Å². The molecule has 2 saturated heterocycles. The molecule has 19 heavy (non-hydrogen) atoms. The Bertz CT molecular complexity index is 375. The lowest BCUT2D eigenvalue weighted by atomic mass is 9.97. The van der Waals surface area contributed by atoms with Crippen molar-refractivity contribution in [3.8, 4) is 0 Å². The van der Waals surface area contributed by atoms with Crippen LogP contribution in [0.3, 0.4) is 0 Å². The van der Waals surface area contributed by atoms with Crippen LogP contribution in [0.4, 0.5) is 0 Å². The Morgan fingerprint density at radius 3 is 2.53 bits per heavy atom. The van der Waals surface area contributed by atoms with Crippen molar-refractivity contribution < 1.29 is 14.7 Å². The van der Waals surface area contributed by atoms with Gasteiger partial charge in [-0.15, -0.1) is 0 Å². The van der Waals surface area contributed by atoms with Crippen molar-refractivity contribution in [2.75, 3.05) is 19.6 Å². The molecule has 0 aromatic heterocycles. The number of hydrogen-bond donors (Lipinski definition) is 1. The van der Waals surface area contributed by atoms with Crippen molar-refractivity contribution in [3.05, 3.63) is 0 Å². The summed E-state index contributed by atoms with van der Waals surface area (Å²) in [4.78, 5) is 27.2. The highest BCUT2D eigenvalue weighted by Crippen LogP contribution is 2.27. The van der Waals surface area contributed by atoms with Gasteiger partial charge in [0.25, 0.3) is 0 Å². The van der Waals surface area contributed by atoms with Crippen molar-refractivity contribution in [2.24, 2.45) is 5.92 Å². The molecule has 0 bridgehead atoms. The van der Waals surface area contributed by atoms with Crippen molar-refractivity contribution in [2.45, 2.75) is 51.6 Å². The summed E-state index contributed by atoms with van der Waals surface area (Å²) in [6.07, 6.45) is 2.23. The van der Waals surface area contributed by atoms with Crippen molar-refractivity contribution >= 4 is 11.9 Å². The van der Waals surface area contributed by atoms with E-state index < -0.39 is 11.9 Å². The molecule has 2 atom stereocenters. The summed E-state index contributed by atoms with van der Waals surface area (Å²) < 4.78 is 0. The first-order valence-corrected chi connectivity index (χ1v) is 7.06. The van der Waals surface area contributed by atoms with Gasteiger partial charge in [0.15, 0.2) is 0 Å². The second-order valence-electron chi connectivity index (χ2n) is 6.70. The summed E-state index contributed by atoms with van der Waals surface area (Å²) in [6, 6.07) is 0.185. The Hall–Kier alpha value is -1.10. The highest BCUT2D eigenvalue weighted by Gasteiger charge is 2.40. The Morgan fingerprint density at radius 2 is 2.00 bits per heavy atom. The molecule has 5 nitrogen and oxygen atoms in total. The number of carboxylic acids is 1. The average molecular weight is 268 g/mol. The zero-order chi connectivity index (χ0) is 14.2. The molecule has 2 aliphatic heterocycles. The number of piperidine rings is 1. The summed E-state index contributed by atoms with van der Waals surface area (Å²) in [7, 11) is 0. The summed E-state index contributed by atoms with van der Waals surface area (Å²) in [5.41, 5.74) is 0.105. The lowest BCUT2D eigenvalue weighted by Gasteiger charge is -2.44. The average Bonchev–Trinajstić information content (AvgIpc) is 2.71. The molecule has 0 aromatic carbocycles. The minimum absolute atomic E-state index is 0.00755. The Kier molecular flexibility index (Phi) is 3.85. The zero-order valence-corrected chi connectivity index (χ0v) is 12.1. The zero-order valence-electron chi connectivity index (χ0n) is 12.1. The van der Waals surface area contributed by atoms with E-state index in [0.717, 1.165) is 25.9 Å². The maximum atomic E-state index is 12.0. The molecule has 2 rings (SSSR count). The predicted octanol–water partition coefficient (Wildman–Crippen LogP) is 1.18. The number of likely N-dealkylation sites (tertiary alicyclic amines) is 2. The minimum Gasteiger partial charge on any atom is -0.481 e. The molecule has 1 N–H and O–H groups in total. The molecule has 2 unspecified atom stereocenters. The van der Waals surface area contributed by atoms with Crippen molar-refractivity contribution in [3.63, 3.8) is 0 Å². The van der Waals surface area contributed by atoms with Crippen LogP contribution in [0.5, 0.6) is 0 Å². The van der Waals surface area contributed by atoms with Gasteiger partial charge in [0, 0.05) is 31.1 Å². The van der Waals surface area contributed by atoms with E-state index in [1.807, 2.05) is 0 Å². The second-order valence-corrected chi connectivity index (χ2v) is 6.70. The van der Waals surface area contributed by atoms with Crippen LogP contribution in [-0.2, 0) is 9.59 Å². The Balaban J connectivity index is 2.02. The molecule has 5 heteroatoms. The van der Waals surface area contributed by atoms with Gasteiger partial charge in [-0.3, -0.25) is 14.5 Å². The van der Waals surface area contributed by atoms with Crippen molar-refractivity contribution in [1.29, 1.82) is 0 Å². The Labute approximate surface area is 114 Å². The summed E-state index contributed by atoms with van der Waals surface area (Å²) in [6.45, 7) is 8.85. The maximum absolute atomic E-state index is 12.0. The third kappa shape index (κ3) is 3.08. The van der Waals surface area contributed by atoms with Gasteiger partial charge in [-0.05, 0) is 40.2 Å². The number of rotatable bonds is 2. The number of nitrogens with zero attached hydrogens (tertiary/aromatic N) is 2. The van der Waals surface area contributed by atoms with E-state index in [1.54, 1.807) is 4.90 Å². The van der Waals surface area contributed by atoms with Crippen LogP contribution in [0, 0.1) is 5.92 Å². The van der Waals surface area contributed by atoms with Gasteiger partial charge in [-0.1, -0.05) is 0 Å². The Morgan fingerprint density at radius 1 is 1.32 bits per heavy atom. The monoisotopic (exact) mass is 268 g/mol. The lowest BCUT2D eigenvalue weighted by molar-refractivity contribution is -0.141. The first-order chi connectivity index (χ1) is 8.79. The van der Waals surface area contributed by atoms with Gasteiger partial charge in [0.1, 0.15) is 0 Å². The molecule has 1 amide bonds. The highest BCUT2D eigenvalue weighted by atomic mass is 16.4. The molecular formula is C14H24N2O3. The normalized spacial score (nSPS) is 29.8. The van der Waals surface area contributed by atoms with E-state index in [-0.39, 0.29) is 23.9 Å². The number of aliphatic carboxylic acids is 1. The summed E-state index contributed by atoms with van der Waals surface area (Å²) in [5.74, 6) is -1.36. The molecule has 0 aromatic rings. The molecule has 0 aliphatic carbocycles. The number of hydrogen-bond acceptors (Lipinski definition) is 3. The third-order valence-corrected chi connectivity index (χ3v) is 4.29. The van der Waals surface area contributed by atoms with E-state index in [2.05, 4.69) is 25.7 Å². The lowest BCUT2D eigenvalue weighted by Crippen LogP contribution is -2.54. The van der Waals surface area contributed by atoms with Crippen molar-refractivity contribution in [1.82, 2.24) is 9.80 Å². The molecule has 2 aliphatic rings. The number of amides is 1. The number of carbonyl (C=O) groups is 2.